The van der Waals surface area contributed by atoms with Gasteiger partial charge in [0.1, 0.15) is 5.76 Å². The summed E-state index contributed by atoms with van der Waals surface area (Å²) < 4.78 is 12.9. The summed E-state index contributed by atoms with van der Waals surface area (Å²) in [5, 5.41) is 3.61. The van der Waals surface area contributed by atoms with E-state index in [1.165, 1.54) is 0 Å². The summed E-state index contributed by atoms with van der Waals surface area (Å²) in [4.78, 5) is 18.6. The van der Waals surface area contributed by atoms with Crippen LogP contribution in [0.5, 0.6) is 0 Å². The maximum atomic E-state index is 12.0. The predicted molar refractivity (Wildman–Crippen MR) is 107 cm³/mol. The third-order valence-electron chi connectivity index (χ3n) is 5.14. The van der Waals surface area contributed by atoms with E-state index in [-0.39, 0.29) is 12.1 Å². The van der Waals surface area contributed by atoms with E-state index in [1.807, 2.05) is 37.3 Å². The van der Waals surface area contributed by atoms with Crippen molar-refractivity contribution in [2.24, 2.45) is 0 Å². The first-order valence-electron chi connectivity index (χ1n) is 9.90. The van der Waals surface area contributed by atoms with Crippen molar-refractivity contribution in [3.8, 4) is 0 Å². The Balaban J connectivity index is 1.52. The predicted octanol–water partition coefficient (Wildman–Crippen LogP) is 4.10. The van der Waals surface area contributed by atoms with Gasteiger partial charge in [0.2, 0.25) is 5.95 Å². The molecule has 1 amide bonds. The van der Waals surface area contributed by atoms with Gasteiger partial charge in [0, 0.05) is 19.1 Å². The molecule has 1 atom stereocenters. The molecule has 28 heavy (non-hydrogen) atoms. The van der Waals surface area contributed by atoms with Crippen LogP contribution in [0.4, 0.5) is 10.7 Å². The van der Waals surface area contributed by atoms with Crippen molar-refractivity contribution in [3.05, 3.63) is 48.4 Å². The van der Waals surface area contributed by atoms with Crippen LogP contribution in [0.1, 0.15) is 31.9 Å². The second-order valence-corrected chi connectivity index (χ2v) is 7.05. The Morgan fingerprint density at radius 2 is 2.14 bits per heavy atom. The number of fused-ring (bicyclic) bond motifs is 1. The highest BCUT2D eigenvalue weighted by Crippen LogP contribution is 2.24. The molecule has 0 radical (unpaired) electrons. The van der Waals surface area contributed by atoms with E-state index < -0.39 is 0 Å². The molecule has 0 bridgehead atoms. The molecule has 3 aromatic rings. The number of furan rings is 1. The number of hydrogen-bond donors (Lipinski definition) is 1. The van der Waals surface area contributed by atoms with Gasteiger partial charge < -0.3 is 23.9 Å². The van der Waals surface area contributed by atoms with E-state index in [0.29, 0.717) is 19.7 Å². The van der Waals surface area contributed by atoms with E-state index in [1.54, 1.807) is 11.2 Å². The third kappa shape index (κ3) is 3.98. The highest BCUT2D eigenvalue weighted by atomic mass is 16.6. The molecule has 1 aliphatic heterocycles. The van der Waals surface area contributed by atoms with Crippen LogP contribution in [-0.2, 0) is 11.3 Å². The Hall–Kier alpha value is -2.96. The maximum Gasteiger partial charge on any atom is 0.409 e. The number of anilines is 1. The maximum absolute atomic E-state index is 12.0. The Morgan fingerprint density at radius 1 is 1.25 bits per heavy atom. The number of imidazole rings is 1. The molecule has 1 saturated heterocycles. The number of likely N-dealkylation sites (tertiary alicyclic amines) is 1. The van der Waals surface area contributed by atoms with Gasteiger partial charge in [-0.25, -0.2) is 9.78 Å². The van der Waals surface area contributed by atoms with Crippen molar-refractivity contribution < 1.29 is 13.9 Å². The third-order valence-corrected chi connectivity index (χ3v) is 5.14. The van der Waals surface area contributed by atoms with Crippen molar-refractivity contribution in [3.63, 3.8) is 0 Å². The van der Waals surface area contributed by atoms with Crippen molar-refractivity contribution >= 4 is 23.1 Å². The minimum atomic E-state index is -0.215. The minimum absolute atomic E-state index is 0.215. The van der Waals surface area contributed by atoms with Gasteiger partial charge in [-0.3, -0.25) is 0 Å². The summed E-state index contributed by atoms with van der Waals surface area (Å²) in [5.74, 6) is 1.73. The zero-order valence-electron chi connectivity index (χ0n) is 16.1. The summed E-state index contributed by atoms with van der Waals surface area (Å²) >= 11 is 0. The topological polar surface area (TPSA) is 72.5 Å². The number of ether oxygens (including phenoxy) is 1. The minimum Gasteiger partial charge on any atom is -0.467 e. The number of hydrogen-bond acceptors (Lipinski definition) is 5. The highest BCUT2D eigenvalue weighted by Gasteiger charge is 2.23. The summed E-state index contributed by atoms with van der Waals surface area (Å²) in [7, 11) is 0. The lowest BCUT2D eigenvalue weighted by Gasteiger charge is -2.20. The molecule has 1 unspecified atom stereocenters. The second kappa shape index (κ2) is 8.37. The van der Waals surface area contributed by atoms with Crippen LogP contribution in [0.25, 0.3) is 11.0 Å². The number of nitrogens with one attached hydrogen (secondary N) is 1. The van der Waals surface area contributed by atoms with Gasteiger partial charge in [0.15, 0.2) is 0 Å². The molecule has 7 nitrogen and oxygen atoms in total. The fourth-order valence-electron chi connectivity index (χ4n) is 3.72. The largest absolute Gasteiger partial charge is 0.467 e. The quantitative estimate of drug-likeness (QED) is 0.719. The molecule has 1 aliphatic rings. The highest BCUT2D eigenvalue weighted by molar-refractivity contribution is 5.78. The van der Waals surface area contributed by atoms with Gasteiger partial charge in [-0.1, -0.05) is 12.1 Å². The summed E-state index contributed by atoms with van der Waals surface area (Å²) in [6, 6.07) is 12.2. The molecule has 0 spiro atoms. The summed E-state index contributed by atoms with van der Waals surface area (Å²) in [6.07, 6.45) is 4.27. The van der Waals surface area contributed by atoms with E-state index in [9.17, 15) is 4.79 Å². The van der Waals surface area contributed by atoms with Gasteiger partial charge in [0.05, 0.1) is 30.4 Å². The molecule has 1 aromatic carbocycles. The van der Waals surface area contributed by atoms with Crippen molar-refractivity contribution in [1.82, 2.24) is 14.5 Å². The molecule has 2 aromatic heterocycles. The number of para-hydroxylation sites is 2. The Labute approximate surface area is 164 Å². The second-order valence-electron chi connectivity index (χ2n) is 7.05. The van der Waals surface area contributed by atoms with Crippen LogP contribution in [-0.4, -0.2) is 46.3 Å². The van der Waals surface area contributed by atoms with E-state index in [2.05, 4.69) is 16.0 Å². The lowest BCUT2D eigenvalue weighted by atomic mass is 10.1. The molecule has 1 N–H and O–H groups in total. The van der Waals surface area contributed by atoms with Gasteiger partial charge in [-0.15, -0.1) is 0 Å². The van der Waals surface area contributed by atoms with Crippen LogP contribution in [0, 0.1) is 0 Å². The molecule has 0 aliphatic carbocycles. The van der Waals surface area contributed by atoms with Gasteiger partial charge in [-0.05, 0) is 50.5 Å². The Morgan fingerprint density at radius 3 is 2.96 bits per heavy atom. The first-order chi connectivity index (χ1) is 13.7. The van der Waals surface area contributed by atoms with Crippen LogP contribution in [0.2, 0.25) is 0 Å². The first kappa shape index (κ1) is 18.4. The zero-order chi connectivity index (χ0) is 19.3. The molecule has 7 heteroatoms. The lowest BCUT2D eigenvalue weighted by Crippen LogP contribution is -2.33. The van der Waals surface area contributed by atoms with Crippen LogP contribution >= 0.6 is 0 Å². The lowest BCUT2D eigenvalue weighted by molar-refractivity contribution is 0.108. The monoisotopic (exact) mass is 382 g/mol. The molecule has 148 valence electrons. The Bertz CT molecular complexity index is 919. The number of benzene rings is 1. The molecule has 1 fully saturated rings. The Kier molecular flexibility index (Phi) is 5.50. The molecule has 0 saturated carbocycles. The molecule has 3 heterocycles. The summed E-state index contributed by atoms with van der Waals surface area (Å²) in [6.45, 7) is 4.30. The summed E-state index contributed by atoms with van der Waals surface area (Å²) in [5.41, 5.74) is 2.03. The van der Waals surface area contributed by atoms with Crippen LogP contribution < -0.4 is 5.32 Å². The zero-order valence-corrected chi connectivity index (χ0v) is 16.1. The van der Waals surface area contributed by atoms with E-state index in [4.69, 9.17) is 14.1 Å². The molecule has 4 rings (SSSR count). The van der Waals surface area contributed by atoms with Crippen molar-refractivity contribution in [2.45, 2.75) is 38.8 Å². The number of amides is 1. The SMILES string of the molecule is CCOC(=O)N1CCCC(Nc2nc3ccccc3n2Cc2ccco2)CC1. The number of rotatable bonds is 5. The van der Waals surface area contributed by atoms with Gasteiger partial charge in [-0.2, -0.15) is 0 Å². The van der Waals surface area contributed by atoms with E-state index >= 15 is 0 Å². The average molecular weight is 382 g/mol. The number of carbonyl (C=O) groups is 1. The number of carbonyl (C=O) groups excluding carboxylic acids is 1. The smallest absolute Gasteiger partial charge is 0.409 e. The van der Waals surface area contributed by atoms with Crippen LogP contribution in [0.15, 0.2) is 47.1 Å². The average Bonchev–Trinajstić information content (AvgIpc) is 3.26. The number of aromatic nitrogens is 2. The normalized spacial score (nSPS) is 17.5. The van der Waals surface area contributed by atoms with E-state index in [0.717, 1.165) is 48.5 Å². The fourth-order valence-corrected chi connectivity index (χ4v) is 3.72. The van der Waals surface area contributed by atoms with Crippen molar-refractivity contribution in [2.75, 3.05) is 25.0 Å². The van der Waals surface area contributed by atoms with Crippen LogP contribution in [0.3, 0.4) is 0 Å². The van der Waals surface area contributed by atoms with Crippen molar-refractivity contribution in [1.29, 1.82) is 0 Å². The van der Waals surface area contributed by atoms with Gasteiger partial charge >= 0.3 is 6.09 Å². The fraction of sp³-hybridized carbons (Fsp3) is 0.429. The standard InChI is InChI=1S/C21H26N4O3/c1-2-27-21(26)24-12-5-7-16(11-13-24)22-20-23-18-9-3-4-10-19(18)25(20)15-17-8-6-14-28-17/h3-4,6,8-10,14,16H,2,5,7,11-13,15H2,1H3,(H,22,23). The van der Waals surface area contributed by atoms with Gasteiger partial charge in [0.25, 0.3) is 0 Å². The molecular formula is C21H26N4O3. The molecular weight excluding hydrogens is 356 g/mol. The first-order valence-corrected chi connectivity index (χ1v) is 9.90. The number of nitrogens with zero attached hydrogens (tertiary/aromatic N) is 3.